The molecule has 0 radical (unpaired) electrons. The molecule has 156 valence electrons. The van der Waals surface area contributed by atoms with E-state index in [0.29, 0.717) is 18.2 Å². The second-order valence-corrected chi connectivity index (χ2v) is 7.85. The van der Waals surface area contributed by atoms with Gasteiger partial charge in [0.2, 0.25) is 5.91 Å². The first kappa shape index (κ1) is 19.3. The third kappa shape index (κ3) is 3.77. The lowest BCUT2D eigenvalue weighted by Crippen LogP contribution is -2.41. The van der Waals surface area contributed by atoms with Crippen LogP contribution in [-0.4, -0.2) is 36.1 Å². The Labute approximate surface area is 180 Å². The van der Waals surface area contributed by atoms with Gasteiger partial charge in [-0.25, -0.2) is 9.97 Å². The van der Waals surface area contributed by atoms with Gasteiger partial charge in [0, 0.05) is 24.2 Å². The molecule has 6 heteroatoms. The molecule has 1 atom stereocenters. The molecule has 1 saturated heterocycles. The number of nitrogens with zero attached hydrogens (tertiary/aromatic N) is 3. The van der Waals surface area contributed by atoms with E-state index >= 15 is 0 Å². The van der Waals surface area contributed by atoms with E-state index in [1.165, 1.54) is 0 Å². The Bertz CT molecular complexity index is 1250. The highest BCUT2D eigenvalue weighted by Gasteiger charge is 2.29. The van der Waals surface area contributed by atoms with Crippen LogP contribution in [0.4, 0.5) is 11.5 Å². The van der Waals surface area contributed by atoms with E-state index in [0.717, 1.165) is 46.9 Å². The molecular formula is C25H24N4O2. The Balaban J connectivity index is 1.39. The number of fused-ring (bicyclic) bond motifs is 2. The highest BCUT2D eigenvalue weighted by atomic mass is 16.5. The Morgan fingerprint density at radius 2 is 1.74 bits per heavy atom. The van der Waals surface area contributed by atoms with Crippen LogP contribution in [0.3, 0.4) is 0 Å². The number of methoxy groups -OCH3 is 1. The summed E-state index contributed by atoms with van der Waals surface area (Å²) in [6.07, 6.45) is 1.75. The van der Waals surface area contributed by atoms with Crippen LogP contribution in [0.5, 0.6) is 5.88 Å². The standard InChI is InChI=1S/C25H24N4O2/c1-31-25-23(26-21-12-4-5-13-22(21)28-25)29-15-7-10-18(16-29)24(30)27-20-14-6-9-17-8-2-3-11-19(17)20/h2-6,8-9,11-14,18H,7,10,15-16H2,1H3,(H,27,30)/t18-/m1/s1. The fourth-order valence-electron chi connectivity index (χ4n) is 4.27. The number of rotatable bonds is 4. The van der Waals surface area contributed by atoms with Gasteiger partial charge >= 0.3 is 0 Å². The van der Waals surface area contributed by atoms with E-state index in [-0.39, 0.29) is 11.8 Å². The minimum Gasteiger partial charge on any atom is -0.478 e. The minimum atomic E-state index is -0.134. The molecule has 3 aromatic carbocycles. The summed E-state index contributed by atoms with van der Waals surface area (Å²) in [5, 5.41) is 5.31. The second kappa shape index (κ2) is 8.22. The van der Waals surface area contributed by atoms with Gasteiger partial charge in [0.1, 0.15) is 0 Å². The van der Waals surface area contributed by atoms with Crippen molar-refractivity contribution in [3.8, 4) is 5.88 Å². The molecule has 1 aliphatic heterocycles. The second-order valence-electron chi connectivity index (χ2n) is 7.85. The highest BCUT2D eigenvalue weighted by Crippen LogP contribution is 2.31. The number of benzene rings is 3. The Kier molecular flexibility index (Phi) is 5.12. The SMILES string of the molecule is COc1nc2ccccc2nc1N1CCC[C@@H](C(=O)Nc2cccc3ccccc23)C1. The number of aromatic nitrogens is 2. The summed E-state index contributed by atoms with van der Waals surface area (Å²) in [4.78, 5) is 24.7. The molecule has 0 bridgehead atoms. The van der Waals surface area contributed by atoms with E-state index < -0.39 is 0 Å². The quantitative estimate of drug-likeness (QED) is 0.529. The fraction of sp³-hybridized carbons (Fsp3) is 0.240. The number of hydrogen-bond donors (Lipinski definition) is 1. The highest BCUT2D eigenvalue weighted by molar-refractivity contribution is 6.03. The normalized spacial score (nSPS) is 16.4. The van der Waals surface area contributed by atoms with Crippen molar-refractivity contribution in [1.82, 2.24) is 9.97 Å². The molecule has 31 heavy (non-hydrogen) atoms. The predicted octanol–water partition coefficient (Wildman–Crippen LogP) is 4.65. The number of nitrogens with one attached hydrogen (secondary N) is 1. The van der Waals surface area contributed by atoms with Gasteiger partial charge in [0.25, 0.3) is 5.88 Å². The van der Waals surface area contributed by atoms with Crippen LogP contribution >= 0.6 is 0 Å². The van der Waals surface area contributed by atoms with Crippen molar-refractivity contribution in [2.75, 3.05) is 30.4 Å². The number of para-hydroxylation sites is 2. The molecule has 6 nitrogen and oxygen atoms in total. The van der Waals surface area contributed by atoms with Crippen LogP contribution in [0.2, 0.25) is 0 Å². The van der Waals surface area contributed by atoms with Crippen LogP contribution in [-0.2, 0) is 4.79 Å². The van der Waals surface area contributed by atoms with Crippen LogP contribution in [0, 0.1) is 5.92 Å². The number of carbonyl (C=O) groups excluding carboxylic acids is 1. The first-order chi connectivity index (χ1) is 15.2. The van der Waals surface area contributed by atoms with E-state index in [1.54, 1.807) is 7.11 Å². The Morgan fingerprint density at radius 1 is 1.00 bits per heavy atom. The first-order valence-electron chi connectivity index (χ1n) is 10.6. The average Bonchev–Trinajstić information content (AvgIpc) is 2.83. The third-order valence-electron chi connectivity index (χ3n) is 5.85. The Hall–Kier alpha value is -3.67. The summed E-state index contributed by atoms with van der Waals surface area (Å²) in [6, 6.07) is 21.8. The van der Waals surface area contributed by atoms with Crippen molar-refractivity contribution in [1.29, 1.82) is 0 Å². The topological polar surface area (TPSA) is 67.4 Å². The number of carbonyl (C=O) groups is 1. The van der Waals surface area contributed by atoms with Crippen molar-refractivity contribution in [3.05, 3.63) is 66.7 Å². The Morgan fingerprint density at radius 3 is 2.58 bits per heavy atom. The lowest BCUT2D eigenvalue weighted by molar-refractivity contribution is -0.120. The summed E-state index contributed by atoms with van der Waals surface area (Å²) in [5.41, 5.74) is 2.47. The largest absolute Gasteiger partial charge is 0.478 e. The van der Waals surface area contributed by atoms with Crippen molar-refractivity contribution in [2.24, 2.45) is 5.92 Å². The minimum absolute atomic E-state index is 0.0359. The molecule has 0 spiro atoms. The monoisotopic (exact) mass is 412 g/mol. The lowest BCUT2D eigenvalue weighted by Gasteiger charge is -2.33. The first-order valence-corrected chi connectivity index (χ1v) is 10.6. The van der Waals surface area contributed by atoms with Crippen molar-refractivity contribution < 1.29 is 9.53 Å². The maximum absolute atomic E-state index is 13.1. The van der Waals surface area contributed by atoms with Gasteiger partial charge in [0.05, 0.1) is 24.1 Å². The molecular weight excluding hydrogens is 388 g/mol. The maximum Gasteiger partial charge on any atom is 0.257 e. The molecule has 1 aliphatic rings. The van der Waals surface area contributed by atoms with E-state index in [1.807, 2.05) is 54.6 Å². The van der Waals surface area contributed by atoms with Crippen molar-refractivity contribution in [2.45, 2.75) is 12.8 Å². The molecule has 1 N–H and O–H groups in total. The zero-order chi connectivity index (χ0) is 21.2. The summed E-state index contributed by atoms with van der Waals surface area (Å²) >= 11 is 0. The fourth-order valence-corrected chi connectivity index (χ4v) is 4.27. The number of piperidine rings is 1. The number of anilines is 2. The van der Waals surface area contributed by atoms with Gasteiger partial charge in [-0.15, -0.1) is 0 Å². The van der Waals surface area contributed by atoms with Gasteiger partial charge in [-0.2, -0.15) is 0 Å². The van der Waals surface area contributed by atoms with Gasteiger partial charge in [-0.05, 0) is 36.4 Å². The molecule has 5 rings (SSSR count). The average molecular weight is 412 g/mol. The van der Waals surface area contributed by atoms with E-state index in [2.05, 4.69) is 27.3 Å². The predicted molar refractivity (Wildman–Crippen MR) is 124 cm³/mol. The number of amides is 1. The summed E-state index contributed by atoms with van der Waals surface area (Å²) in [6.45, 7) is 1.40. The molecule has 0 saturated carbocycles. The molecule has 0 aliphatic carbocycles. The van der Waals surface area contributed by atoms with E-state index in [4.69, 9.17) is 9.72 Å². The lowest BCUT2D eigenvalue weighted by atomic mass is 9.96. The summed E-state index contributed by atoms with van der Waals surface area (Å²) in [7, 11) is 1.61. The van der Waals surface area contributed by atoms with Crippen LogP contribution in [0.25, 0.3) is 21.8 Å². The molecule has 1 fully saturated rings. The van der Waals surface area contributed by atoms with Crippen LogP contribution in [0.1, 0.15) is 12.8 Å². The number of hydrogen-bond acceptors (Lipinski definition) is 5. The molecule has 1 amide bonds. The molecule has 1 aromatic heterocycles. The molecule has 4 aromatic rings. The third-order valence-corrected chi connectivity index (χ3v) is 5.85. The van der Waals surface area contributed by atoms with Crippen molar-refractivity contribution in [3.63, 3.8) is 0 Å². The van der Waals surface area contributed by atoms with Gasteiger partial charge in [-0.1, -0.05) is 48.5 Å². The zero-order valence-corrected chi connectivity index (χ0v) is 17.4. The van der Waals surface area contributed by atoms with Crippen LogP contribution in [0.15, 0.2) is 66.7 Å². The maximum atomic E-state index is 13.1. The zero-order valence-electron chi connectivity index (χ0n) is 17.4. The number of ether oxygens (including phenoxy) is 1. The summed E-state index contributed by atoms with van der Waals surface area (Å²) in [5.74, 6) is 1.09. The van der Waals surface area contributed by atoms with Gasteiger partial charge in [0.15, 0.2) is 5.82 Å². The van der Waals surface area contributed by atoms with Crippen LogP contribution < -0.4 is 15.0 Å². The summed E-state index contributed by atoms with van der Waals surface area (Å²) < 4.78 is 5.53. The van der Waals surface area contributed by atoms with E-state index in [9.17, 15) is 4.79 Å². The smallest absolute Gasteiger partial charge is 0.257 e. The molecule has 0 unspecified atom stereocenters. The molecule has 2 heterocycles. The van der Waals surface area contributed by atoms with Gasteiger partial charge < -0.3 is 15.0 Å². The van der Waals surface area contributed by atoms with Crippen molar-refractivity contribution >= 4 is 39.2 Å². The van der Waals surface area contributed by atoms with Gasteiger partial charge in [-0.3, -0.25) is 4.79 Å².